The predicted molar refractivity (Wildman–Crippen MR) is 210 cm³/mol. The van der Waals surface area contributed by atoms with E-state index in [-0.39, 0.29) is 60.5 Å². The van der Waals surface area contributed by atoms with Crippen molar-refractivity contribution in [2.75, 3.05) is 42.9 Å². The first-order chi connectivity index (χ1) is 27.3. The van der Waals surface area contributed by atoms with Crippen LogP contribution in [-0.2, 0) is 25.4 Å². The van der Waals surface area contributed by atoms with Gasteiger partial charge in [0, 0.05) is 38.3 Å². The van der Waals surface area contributed by atoms with Gasteiger partial charge in [0.2, 0.25) is 17.7 Å². The number of halogens is 7. The fourth-order valence-electron chi connectivity index (χ4n) is 8.64. The number of pyridine rings is 1. The number of carbonyl (C=O) groups excluding carboxylic acids is 4. The smallest absolute Gasteiger partial charge is 0.331 e. The maximum Gasteiger partial charge on any atom is 0.417 e. The van der Waals surface area contributed by atoms with E-state index in [4.69, 9.17) is 12.2 Å². The van der Waals surface area contributed by atoms with Crippen LogP contribution in [0.2, 0.25) is 0 Å². The van der Waals surface area contributed by atoms with Crippen LogP contribution in [0.1, 0.15) is 87.8 Å². The summed E-state index contributed by atoms with van der Waals surface area (Å²) >= 11 is 5.70. The van der Waals surface area contributed by atoms with Gasteiger partial charge in [0.15, 0.2) is 5.11 Å². The van der Waals surface area contributed by atoms with E-state index >= 15 is 0 Å². The van der Waals surface area contributed by atoms with Crippen LogP contribution in [0.15, 0.2) is 36.5 Å². The quantitative estimate of drug-likeness (QED) is 0.162. The molecule has 20 heteroatoms. The summed E-state index contributed by atoms with van der Waals surface area (Å²) in [6, 6.07) is 5.71. The van der Waals surface area contributed by atoms with Gasteiger partial charge in [0.25, 0.3) is 5.91 Å². The average molecular weight is 871 g/mol. The number of rotatable bonds is 10. The molecule has 1 aromatic heterocycles. The number of piperazine rings is 1. The SMILES string of the molecule is CC1(C)C(=O)N(c2ccc(C#N)c(C(F)(F)F)c2)C(=S)N1[C@H]1CC[C@H](CCCN2CCN(CC(=O)Nc3cc(C4CCC(=O)NC4=O)ccn3)[C@@H](C(F)(F)F)C2)CC1.Cl. The van der Waals surface area contributed by atoms with Crippen LogP contribution in [0.3, 0.4) is 0 Å². The topological polar surface area (TPSA) is 142 Å². The number of hydrogen-bond acceptors (Lipinski definition) is 9. The summed E-state index contributed by atoms with van der Waals surface area (Å²) in [5.41, 5.74) is -2.36. The van der Waals surface area contributed by atoms with Crippen molar-refractivity contribution in [1.29, 1.82) is 5.26 Å². The van der Waals surface area contributed by atoms with Gasteiger partial charge in [-0.2, -0.15) is 31.6 Å². The lowest BCUT2D eigenvalue weighted by Gasteiger charge is -2.42. The summed E-state index contributed by atoms with van der Waals surface area (Å²) in [4.78, 5) is 60.2. The Hall–Kier alpha value is -4.38. The van der Waals surface area contributed by atoms with E-state index in [2.05, 4.69) is 15.6 Å². The number of nitrogens with one attached hydrogen (secondary N) is 2. The molecule has 1 aromatic carbocycles. The molecule has 59 heavy (non-hydrogen) atoms. The Balaban J connectivity index is 0.00000661. The van der Waals surface area contributed by atoms with Gasteiger partial charge < -0.3 is 15.1 Å². The van der Waals surface area contributed by atoms with E-state index in [1.54, 1.807) is 35.8 Å². The van der Waals surface area contributed by atoms with E-state index in [0.29, 0.717) is 50.3 Å². The van der Waals surface area contributed by atoms with Crippen molar-refractivity contribution in [2.24, 2.45) is 5.92 Å². The largest absolute Gasteiger partial charge is 0.417 e. The van der Waals surface area contributed by atoms with Crippen molar-refractivity contribution in [3.8, 4) is 6.07 Å². The lowest BCUT2D eigenvalue weighted by Crippen LogP contribution is -2.60. The second-order valence-corrected chi connectivity index (χ2v) is 16.2. The van der Waals surface area contributed by atoms with Crippen molar-refractivity contribution >= 4 is 64.9 Å². The van der Waals surface area contributed by atoms with Gasteiger partial charge >= 0.3 is 12.4 Å². The van der Waals surface area contributed by atoms with Gasteiger partial charge in [-0.25, -0.2) is 4.98 Å². The number of carbonyl (C=O) groups is 4. The van der Waals surface area contributed by atoms with Crippen LogP contribution < -0.4 is 15.5 Å². The summed E-state index contributed by atoms with van der Waals surface area (Å²) in [5, 5.41) is 14.1. The van der Waals surface area contributed by atoms with E-state index < -0.39 is 65.2 Å². The summed E-state index contributed by atoms with van der Waals surface area (Å²) in [5.74, 6) is -2.20. The van der Waals surface area contributed by atoms with Gasteiger partial charge in [0.05, 0.1) is 35.3 Å². The summed E-state index contributed by atoms with van der Waals surface area (Å²) < 4.78 is 84.1. The molecule has 4 aliphatic rings. The molecule has 2 aromatic rings. The number of nitrogens with zero attached hydrogens (tertiary/aromatic N) is 6. The molecule has 1 aliphatic carbocycles. The van der Waals surface area contributed by atoms with Crippen molar-refractivity contribution in [3.63, 3.8) is 0 Å². The first-order valence-electron chi connectivity index (χ1n) is 19.2. The van der Waals surface area contributed by atoms with Gasteiger partial charge in [-0.1, -0.05) is 0 Å². The molecular weight excluding hydrogens is 826 g/mol. The molecule has 2 N–H and O–H groups in total. The van der Waals surface area contributed by atoms with Crippen LogP contribution in [0.5, 0.6) is 0 Å². The van der Waals surface area contributed by atoms with E-state index in [1.165, 1.54) is 18.3 Å². The first kappa shape index (κ1) is 45.7. The minimum absolute atomic E-state index is 0. The van der Waals surface area contributed by atoms with E-state index in [9.17, 15) is 50.8 Å². The molecule has 3 saturated heterocycles. The van der Waals surface area contributed by atoms with Crippen LogP contribution in [0.25, 0.3) is 0 Å². The van der Waals surface area contributed by atoms with Crippen LogP contribution in [0, 0.1) is 17.2 Å². The Morgan fingerprint density at radius 2 is 1.75 bits per heavy atom. The monoisotopic (exact) mass is 870 g/mol. The highest BCUT2D eigenvalue weighted by Gasteiger charge is 2.53. The van der Waals surface area contributed by atoms with Crippen LogP contribution in [0.4, 0.5) is 37.8 Å². The molecule has 320 valence electrons. The molecule has 4 amide bonds. The highest BCUT2D eigenvalue weighted by atomic mass is 35.5. The second-order valence-electron chi connectivity index (χ2n) is 15.9. The first-order valence-corrected chi connectivity index (χ1v) is 19.6. The molecule has 4 heterocycles. The normalized spacial score (nSPS) is 24.4. The molecule has 1 saturated carbocycles. The molecule has 3 aliphatic heterocycles. The number of aromatic nitrogens is 1. The standard InChI is InChI=1S/C39H44F6N8O4S.ClH/c1-37(2)35(57)52(27-10-7-25(20-46)29(19-27)38(40,41)42)36(58)53(37)26-8-5-23(6-9-26)4-3-15-50-16-17-51(30(21-50)39(43,44)45)22-33(55)48-31-18-24(13-14-47-31)28-11-12-32(54)49-34(28)56;/h7,10,13-14,18-19,23,26,28,30H,3-6,8-9,11-12,15-17,21-22H2,1-2H3,(H,47,48,55)(H,49,54,56);1H/t23-,26-,28?,30-;/m1./s1. The predicted octanol–water partition coefficient (Wildman–Crippen LogP) is 6.15. The number of piperidine rings is 1. The highest BCUT2D eigenvalue weighted by molar-refractivity contribution is 7.80. The van der Waals surface area contributed by atoms with E-state index in [1.807, 2.05) is 0 Å². The minimum Gasteiger partial charge on any atom is -0.331 e. The summed E-state index contributed by atoms with van der Waals surface area (Å²) in [7, 11) is 0. The third-order valence-corrected chi connectivity index (χ3v) is 12.1. The lowest BCUT2D eigenvalue weighted by molar-refractivity contribution is -0.197. The highest BCUT2D eigenvalue weighted by Crippen LogP contribution is 2.42. The van der Waals surface area contributed by atoms with Gasteiger partial charge in [-0.3, -0.25) is 34.3 Å². The maximum absolute atomic E-state index is 14.3. The number of nitriles is 1. The number of thiocarbonyl (C=S) groups is 1. The zero-order chi connectivity index (χ0) is 42.2. The molecule has 0 bridgehead atoms. The van der Waals surface area contributed by atoms with Crippen molar-refractivity contribution in [3.05, 3.63) is 53.2 Å². The van der Waals surface area contributed by atoms with Gasteiger partial charge in [0.1, 0.15) is 17.4 Å². The molecule has 6 rings (SSSR count). The third-order valence-electron chi connectivity index (χ3n) is 11.7. The molecule has 1 unspecified atom stereocenters. The maximum atomic E-state index is 14.3. The number of amides is 4. The Bertz CT molecular complexity index is 1990. The summed E-state index contributed by atoms with van der Waals surface area (Å²) in [6.45, 7) is 3.38. The number of anilines is 2. The fourth-order valence-corrected chi connectivity index (χ4v) is 9.21. The summed E-state index contributed by atoms with van der Waals surface area (Å²) in [6.07, 6.45) is -3.20. The Morgan fingerprint density at radius 3 is 2.39 bits per heavy atom. The van der Waals surface area contributed by atoms with Crippen molar-refractivity contribution in [2.45, 2.75) is 101 Å². The Morgan fingerprint density at radius 1 is 1.03 bits per heavy atom. The number of alkyl halides is 6. The second kappa shape index (κ2) is 18.1. The zero-order valence-electron chi connectivity index (χ0n) is 32.4. The van der Waals surface area contributed by atoms with Crippen molar-refractivity contribution in [1.82, 2.24) is 25.0 Å². The Labute approximate surface area is 349 Å². The third kappa shape index (κ3) is 10.2. The molecule has 0 spiro atoms. The molecular formula is C39H45ClF6N8O4S. The number of hydrogen-bond donors (Lipinski definition) is 2. The Kier molecular flexibility index (Phi) is 14.0. The van der Waals surface area contributed by atoms with Crippen molar-refractivity contribution < 1.29 is 45.5 Å². The number of imide groups is 1. The molecule has 0 radical (unpaired) electrons. The molecule has 12 nitrogen and oxygen atoms in total. The van der Waals surface area contributed by atoms with E-state index in [0.717, 1.165) is 41.2 Å². The van der Waals surface area contributed by atoms with Gasteiger partial charge in [-0.15, -0.1) is 12.4 Å². The molecule has 2 atom stereocenters. The van der Waals surface area contributed by atoms with Gasteiger partial charge in [-0.05, 0) is 119 Å². The zero-order valence-corrected chi connectivity index (χ0v) is 34.0. The minimum atomic E-state index is -4.80. The molecule has 4 fully saturated rings. The van der Waals surface area contributed by atoms with Crippen LogP contribution >= 0.6 is 24.6 Å². The van der Waals surface area contributed by atoms with Crippen LogP contribution in [-0.4, -0.2) is 105 Å². The average Bonchev–Trinajstić information content (AvgIpc) is 3.33. The lowest BCUT2D eigenvalue weighted by atomic mass is 9.82. The fraction of sp³-hybridized carbons (Fsp3) is 0.564. The number of benzene rings is 1.